The van der Waals surface area contributed by atoms with Gasteiger partial charge in [0.05, 0.1) is 39.9 Å². The zero-order valence-electron chi connectivity index (χ0n) is 34.6. The molecule has 0 spiro atoms. The molecular formula is C45H77N2O6P. The molecule has 0 aromatic rings. The van der Waals surface area contributed by atoms with Crippen LogP contribution in [-0.2, 0) is 18.4 Å². The van der Waals surface area contributed by atoms with Crippen LogP contribution in [0.2, 0.25) is 0 Å². The smallest absolute Gasteiger partial charge is 0.268 e. The Hall–Kier alpha value is -2.58. The van der Waals surface area contributed by atoms with Crippen LogP contribution >= 0.6 is 7.82 Å². The highest BCUT2D eigenvalue weighted by Crippen LogP contribution is 2.38. The van der Waals surface area contributed by atoms with E-state index in [1.165, 1.54) is 0 Å². The number of quaternary nitrogens is 1. The standard InChI is InChI=1S/C45H77N2O6P/c1-6-8-10-11-12-13-14-15-16-17-18-19-20-21-22-23-24-25-26-27-28-29-30-31-32-33-34-35-37-39-45(49)46-43(44(48)38-36-9-7-2)42-53-54(50,51)52-41-40-47(3,4)5/h8,10,12-13,15-16,18-19,21-22,24-25,27-28,30-31,43-44,48H,6-7,9,11,14,17,20,23,26,29,32-42H2,1-5H3,(H-,46,49,50,51)/b10-8-,13-12-,16-15-,19-18-,22-21-,25-24-,28-27-,31-30-. The first-order valence-electron chi connectivity index (χ1n) is 20.6. The molecule has 2 N–H and O–H groups in total. The van der Waals surface area contributed by atoms with Crippen LogP contribution in [0.5, 0.6) is 0 Å². The van der Waals surface area contributed by atoms with E-state index in [0.717, 1.165) is 103 Å². The summed E-state index contributed by atoms with van der Waals surface area (Å²) < 4.78 is 22.9. The summed E-state index contributed by atoms with van der Waals surface area (Å²) in [6.07, 6.45) is 50.7. The van der Waals surface area contributed by atoms with Crippen molar-refractivity contribution in [3.8, 4) is 0 Å². The monoisotopic (exact) mass is 773 g/mol. The summed E-state index contributed by atoms with van der Waals surface area (Å²) in [5.74, 6) is -0.208. The number of phosphoric acid groups is 1. The Morgan fingerprint density at radius 2 is 1.13 bits per heavy atom. The number of rotatable bonds is 35. The molecule has 0 aromatic heterocycles. The largest absolute Gasteiger partial charge is 0.756 e. The summed E-state index contributed by atoms with van der Waals surface area (Å²) in [6, 6.07) is -0.816. The van der Waals surface area contributed by atoms with Gasteiger partial charge in [0.2, 0.25) is 5.91 Å². The Bertz CT molecular complexity index is 1190. The van der Waals surface area contributed by atoms with E-state index in [0.29, 0.717) is 23.9 Å². The molecule has 0 rings (SSSR count). The molecule has 1 amide bonds. The van der Waals surface area contributed by atoms with Crippen molar-refractivity contribution >= 4 is 13.7 Å². The zero-order chi connectivity index (χ0) is 40.0. The fourth-order valence-electron chi connectivity index (χ4n) is 5.05. The number of carbonyl (C=O) groups is 1. The quantitative estimate of drug-likeness (QED) is 0.0287. The molecule has 0 aliphatic rings. The topological polar surface area (TPSA) is 108 Å². The molecule has 3 atom stereocenters. The predicted octanol–water partition coefficient (Wildman–Crippen LogP) is 10.6. The molecule has 54 heavy (non-hydrogen) atoms. The molecule has 0 saturated carbocycles. The SMILES string of the molecule is CC/C=C\C/C=C\C/C=C\C/C=C\C/C=C\C/C=C\C/C=C\C/C=C\CCCCCCC(=O)NC(COP(=O)([O-])OCC[N+](C)(C)C)C(O)CCCCC. The third kappa shape index (κ3) is 37.7. The zero-order valence-corrected chi connectivity index (χ0v) is 35.5. The van der Waals surface area contributed by atoms with Crippen molar-refractivity contribution in [2.24, 2.45) is 0 Å². The van der Waals surface area contributed by atoms with Crippen molar-refractivity contribution in [1.82, 2.24) is 5.32 Å². The number of amides is 1. The van der Waals surface area contributed by atoms with Gasteiger partial charge in [-0.3, -0.25) is 9.36 Å². The molecule has 9 heteroatoms. The van der Waals surface area contributed by atoms with Gasteiger partial charge in [-0.1, -0.05) is 143 Å². The van der Waals surface area contributed by atoms with Gasteiger partial charge in [0.25, 0.3) is 7.82 Å². The maximum Gasteiger partial charge on any atom is 0.268 e. The van der Waals surface area contributed by atoms with Gasteiger partial charge in [-0.05, 0) is 77.0 Å². The van der Waals surface area contributed by atoms with Crippen molar-refractivity contribution < 1.29 is 32.9 Å². The molecule has 3 unspecified atom stereocenters. The molecule has 0 bridgehead atoms. The maximum atomic E-state index is 12.7. The molecule has 0 fully saturated rings. The fourth-order valence-corrected chi connectivity index (χ4v) is 5.77. The van der Waals surface area contributed by atoms with E-state index in [1.54, 1.807) is 0 Å². The van der Waals surface area contributed by atoms with E-state index in [-0.39, 0.29) is 19.1 Å². The van der Waals surface area contributed by atoms with Gasteiger partial charge in [0, 0.05) is 6.42 Å². The highest BCUT2D eigenvalue weighted by Gasteiger charge is 2.24. The summed E-state index contributed by atoms with van der Waals surface area (Å²) in [5.41, 5.74) is 0. The van der Waals surface area contributed by atoms with Crippen LogP contribution in [0, 0.1) is 0 Å². The van der Waals surface area contributed by atoms with Gasteiger partial charge in [-0.15, -0.1) is 0 Å². The van der Waals surface area contributed by atoms with Crippen LogP contribution < -0.4 is 10.2 Å². The second kappa shape index (κ2) is 36.1. The van der Waals surface area contributed by atoms with Crippen LogP contribution in [0.25, 0.3) is 0 Å². The van der Waals surface area contributed by atoms with E-state index in [4.69, 9.17) is 9.05 Å². The minimum absolute atomic E-state index is 0.00107. The summed E-state index contributed by atoms with van der Waals surface area (Å²) >= 11 is 0. The van der Waals surface area contributed by atoms with Crippen molar-refractivity contribution in [3.05, 3.63) is 97.2 Å². The summed E-state index contributed by atoms with van der Waals surface area (Å²) in [6.45, 7) is 4.37. The second-order valence-electron chi connectivity index (χ2n) is 14.6. The number of hydrogen-bond acceptors (Lipinski definition) is 6. The Morgan fingerprint density at radius 3 is 1.59 bits per heavy atom. The normalized spacial score (nSPS) is 15.5. The molecule has 308 valence electrons. The van der Waals surface area contributed by atoms with E-state index in [9.17, 15) is 19.4 Å². The average molecular weight is 773 g/mol. The van der Waals surface area contributed by atoms with E-state index < -0.39 is 20.0 Å². The number of unbranched alkanes of at least 4 members (excludes halogenated alkanes) is 6. The lowest BCUT2D eigenvalue weighted by Gasteiger charge is -2.30. The molecule has 0 aliphatic heterocycles. The van der Waals surface area contributed by atoms with Gasteiger partial charge >= 0.3 is 0 Å². The van der Waals surface area contributed by atoms with Crippen LogP contribution in [0.15, 0.2) is 97.2 Å². The fraction of sp³-hybridized carbons (Fsp3) is 0.622. The Balaban J connectivity index is 4.08. The lowest BCUT2D eigenvalue weighted by Crippen LogP contribution is -2.46. The van der Waals surface area contributed by atoms with Crippen molar-refractivity contribution in [1.29, 1.82) is 0 Å². The summed E-state index contributed by atoms with van der Waals surface area (Å²) in [4.78, 5) is 24.9. The minimum atomic E-state index is -4.55. The van der Waals surface area contributed by atoms with Crippen molar-refractivity contribution in [3.63, 3.8) is 0 Å². The number of phosphoric ester groups is 1. The Labute approximate surface area is 330 Å². The number of hydrogen-bond donors (Lipinski definition) is 2. The number of carbonyl (C=O) groups excluding carboxylic acids is 1. The molecule has 0 aromatic carbocycles. The molecule has 0 radical (unpaired) electrons. The molecule has 0 aliphatic carbocycles. The number of aliphatic hydroxyl groups is 1. The molecule has 0 heterocycles. The van der Waals surface area contributed by atoms with Crippen LogP contribution in [0.4, 0.5) is 0 Å². The predicted molar refractivity (Wildman–Crippen MR) is 228 cm³/mol. The number of allylic oxidation sites excluding steroid dienone is 16. The summed E-state index contributed by atoms with van der Waals surface area (Å²) in [7, 11) is 1.26. The molecule has 0 saturated heterocycles. The van der Waals surface area contributed by atoms with E-state index >= 15 is 0 Å². The highest BCUT2D eigenvalue weighted by atomic mass is 31.2. The van der Waals surface area contributed by atoms with E-state index in [1.807, 2.05) is 21.1 Å². The number of likely N-dealkylation sites (N-methyl/N-ethyl adjacent to an activating group) is 1. The van der Waals surface area contributed by atoms with Crippen LogP contribution in [-0.4, -0.2) is 68.5 Å². The van der Waals surface area contributed by atoms with Crippen molar-refractivity contribution in [2.45, 2.75) is 142 Å². The van der Waals surface area contributed by atoms with E-state index in [2.05, 4.69) is 116 Å². The Morgan fingerprint density at radius 1 is 0.667 bits per heavy atom. The summed E-state index contributed by atoms with van der Waals surface area (Å²) in [5, 5.41) is 13.5. The first-order valence-corrected chi connectivity index (χ1v) is 22.0. The first kappa shape index (κ1) is 51.4. The van der Waals surface area contributed by atoms with Gasteiger partial charge in [-0.25, -0.2) is 0 Å². The highest BCUT2D eigenvalue weighted by molar-refractivity contribution is 7.45. The van der Waals surface area contributed by atoms with Gasteiger partial charge in [0.1, 0.15) is 13.2 Å². The van der Waals surface area contributed by atoms with Gasteiger partial charge in [-0.2, -0.15) is 0 Å². The van der Waals surface area contributed by atoms with Crippen molar-refractivity contribution in [2.75, 3.05) is 40.9 Å². The number of nitrogens with zero attached hydrogens (tertiary/aromatic N) is 1. The lowest BCUT2D eigenvalue weighted by molar-refractivity contribution is -0.870. The maximum absolute atomic E-state index is 12.7. The average Bonchev–Trinajstić information content (AvgIpc) is 3.12. The number of aliphatic hydroxyl groups excluding tert-OH is 1. The first-order chi connectivity index (χ1) is 26.0. The Kier molecular flexibility index (Phi) is 34.4. The molecular weight excluding hydrogens is 695 g/mol. The van der Waals surface area contributed by atoms with Crippen LogP contribution in [0.1, 0.15) is 129 Å². The third-order valence-electron chi connectivity index (χ3n) is 8.34. The van der Waals surface area contributed by atoms with Gasteiger partial charge < -0.3 is 28.8 Å². The third-order valence-corrected chi connectivity index (χ3v) is 9.30. The van der Waals surface area contributed by atoms with Gasteiger partial charge in [0.15, 0.2) is 0 Å². The molecule has 8 nitrogen and oxygen atoms in total. The number of nitrogens with one attached hydrogen (secondary N) is 1. The second-order valence-corrected chi connectivity index (χ2v) is 16.0. The lowest BCUT2D eigenvalue weighted by atomic mass is 10.0. The van der Waals surface area contributed by atoms with Crippen LogP contribution in [0.3, 0.4) is 0 Å². The minimum Gasteiger partial charge on any atom is -0.756 e.